The van der Waals surface area contributed by atoms with Crippen molar-refractivity contribution >= 4 is 35.2 Å². The largest absolute Gasteiger partial charge is 0.495 e. The van der Waals surface area contributed by atoms with Crippen molar-refractivity contribution in [2.24, 2.45) is 0 Å². The monoisotopic (exact) mass is 497 g/mol. The number of rotatable bonds is 10. The van der Waals surface area contributed by atoms with Gasteiger partial charge in [-0.05, 0) is 53.6 Å². The zero-order chi connectivity index (χ0) is 25.4. The summed E-state index contributed by atoms with van der Waals surface area (Å²) in [7, 11) is 6.16. The van der Waals surface area contributed by atoms with Crippen LogP contribution in [0.4, 0.5) is 10.1 Å². The number of hydrogen-bond acceptors (Lipinski definition) is 6. The average molecular weight is 498 g/mol. The van der Waals surface area contributed by atoms with E-state index in [1.54, 1.807) is 33.5 Å². The van der Waals surface area contributed by atoms with Gasteiger partial charge in [-0.2, -0.15) is 0 Å². The van der Waals surface area contributed by atoms with Crippen molar-refractivity contribution in [3.63, 3.8) is 0 Å². The topological polar surface area (TPSA) is 66.0 Å². The fraction of sp³-hybridized carbons (Fsp3) is 0.148. The molecule has 0 radical (unpaired) electrons. The van der Waals surface area contributed by atoms with Crippen LogP contribution in [-0.2, 0) is 0 Å². The third-order valence-electron chi connectivity index (χ3n) is 5.07. The van der Waals surface area contributed by atoms with E-state index in [1.807, 2.05) is 24.3 Å². The Hall–Kier alpha value is -3.97. The molecule has 0 aliphatic carbocycles. The second kappa shape index (κ2) is 11.9. The van der Waals surface area contributed by atoms with Crippen LogP contribution < -0.4 is 24.3 Å². The minimum absolute atomic E-state index is 0.270. The number of anilines is 1. The van der Waals surface area contributed by atoms with Crippen LogP contribution in [0.2, 0.25) is 5.02 Å². The van der Waals surface area contributed by atoms with E-state index in [0.29, 0.717) is 39.3 Å². The molecule has 3 aromatic carbocycles. The van der Waals surface area contributed by atoms with Gasteiger partial charge in [-0.1, -0.05) is 23.8 Å². The van der Waals surface area contributed by atoms with E-state index in [2.05, 4.69) is 5.32 Å². The van der Waals surface area contributed by atoms with Crippen LogP contribution in [0.5, 0.6) is 23.0 Å². The fourth-order valence-corrected chi connectivity index (χ4v) is 3.54. The Morgan fingerprint density at radius 2 is 1.49 bits per heavy atom. The van der Waals surface area contributed by atoms with Gasteiger partial charge in [0.15, 0.2) is 17.3 Å². The Balaban J connectivity index is 1.90. The normalized spacial score (nSPS) is 11.0. The molecule has 1 N–H and O–H groups in total. The lowest BCUT2D eigenvalue weighted by atomic mass is 10.1. The summed E-state index contributed by atoms with van der Waals surface area (Å²) in [5, 5.41) is 3.52. The maximum atomic E-state index is 13.1. The predicted molar refractivity (Wildman–Crippen MR) is 137 cm³/mol. The molecule has 0 atom stereocenters. The molecular formula is C27H25ClFNO5. The first-order valence-corrected chi connectivity index (χ1v) is 10.9. The number of methoxy groups -OCH3 is 4. The lowest BCUT2D eigenvalue weighted by Crippen LogP contribution is -1.98. The Morgan fingerprint density at radius 3 is 2.06 bits per heavy atom. The Morgan fingerprint density at radius 1 is 0.857 bits per heavy atom. The minimum atomic E-state index is -0.402. The van der Waals surface area contributed by atoms with Crippen molar-refractivity contribution in [2.75, 3.05) is 33.8 Å². The van der Waals surface area contributed by atoms with Gasteiger partial charge in [0.25, 0.3) is 0 Å². The molecule has 0 fully saturated rings. The second-order valence-electron chi connectivity index (χ2n) is 7.21. The van der Waals surface area contributed by atoms with Gasteiger partial charge in [0.2, 0.25) is 5.75 Å². The first-order chi connectivity index (χ1) is 16.9. The Kier molecular flexibility index (Phi) is 8.75. The van der Waals surface area contributed by atoms with E-state index in [1.165, 1.54) is 43.7 Å². The van der Waals surface area contributed by atoms with Gasteiger partial charge in [-0.15, -0.1) is 0 Å². The molecule has 182 valence electrons. The number of allylic oxidation sites excluding steroid dienone is 1. The molecule has 3 aromatic rings. The maximum Gasteiger partial charge on any atom is 0.203 e. The molecule has 0 heterocycles. The molecule has 0 saturated heterocycles. The van der Waals surface area contributed by atoms with Crippen LogP contribution in [0.25, 0.3) is 12.2 Å². The van der Waals surface area contributed by atoms with E-state index < -0.39 is 5.82 Å². The van der Waals surface area contributed by atoms with E-state index in [0.717, 1.165) is 11.1 Å². The van der Waals surface area contributed by atoms with E-state index >= 15 is 0 Å². The SMILES string of the molecule is COc1cc(NC=CC(=O)c2ccc(F)cc2)c(C=Cc2cc(OC)c(OC)c(OC)c2)cc1Cl. The zero-order valence-electron chi connectivity index (χ0n) is 19.7. The van der Waals surface area contributed by atoms with Gasteiger partial charge in [0.05, 0.1) is 33.5 Å². The van der Waals surface area contributed by atoms with Crippen molar-refractivity contribution in [2.45, 2.75) is 0 Å². The molecule has 35 heavy (non-hydrogen) atoms. The third-order valence-corrected chi connectivity index (χ3v) is 5.36. The van der Waals surface area contributed by atoms with E-state index in [4.69, 9.17) is 30.5 Å². The van der Waals surface area contributed by atoms with Crippen LogP contribution >= 0.6 is 11.6 Å². The highest BCUT2D eigenvalue weighted by Gasteiger charge is 2.13. The predicted octanol–water partition coefficient (Wildman–Crippen LogP) is 6.49. The van der Waals surface area contributed by atoms with E-state index in [9.17, 15) is 9.18 Å². The van der Waals surface area contributed by atoms with Gasteiger partial charge < -0.3 is 24.3 Å². The Bertz CT molecular complexity index is 1230. The molecule has 0 bridgehead atoms. The molecule has 6 nitrogen and oxygen atoms in total. The highest BCUT2D eigenvalue weighted by atomic mass is 35.5. The van der Waals surface area contributed by atoms with Gasteiger partial charge in [0.1, 0.15) is 11.6 Å². The highest BCUT2D eigenvalue weighted by Crippen LogP contribution is 2.39. The lowest BCUT2D eigenvalue weighted by molar-refractivity contribution is 0.104. The number of nitrogens with one attached hydrogen (secondary N) is 1. The highest BCUT2D eigenvalue weighted by molar-refractivity contribution is 6.32. The number of ketones is 1. The minimum Gasteiger partial charge on any atom is -0.495 e. The summed E-state index contributed by atoms with van der Waals surface area (Å²) >= 11 is 6.35. The quantitative estimate of drug-likeness (QED) is 0.196. The summed E-state index contributed by atoms with van der Waals surface area (Å²) in [6.45, 7) is 0. The number of benzene rings is 3. The van der Waals surface area contributed by atoms with Crippen molar-refractivity contribution in [1.82, 2.24) is 0 Å². The van der Waals surface area contributed by atoms with Crippen LogP contribution in [0.15, 0.2) is 60.8 Å². The summed E-state index contributed by atoms with van der Waals surface area (Å²) < 4.78 is 34.6. The molecule has 0 saturated carbocycles. The molecular weight excluding hydrogens is 473 g/mol. The van der Waals surface area contributed by atoms with Crippen molar-refractivity contribution in [3.05, 3.63) is 88.3 Å². The summed E-state index contributed by atoms with van der Waals surface area (Å²) in [6.07, 6.45) is 6.58. The van der Waals surface area contributed by atoms with Crippen LogP contribution in [0.3, 0.4) is 0 Å². The molecule has 3 rings (SSSR count). The van der Waals surface area contributed by atoms with Crippen molar-refractivity contribution in [3.8, 4) is 23.0 Å². The van der Waals surface area contributed by atoms with Crippen LogP contribution in [0, 0.1) is 5.82 Å². The van der Waals surface area contributed by atoms with Crippen molar-refractivity contribution < 1.29 is 28.1 Å². The van der Waals surface area contributed by atoms with E-state index in [-0.39, 0.29) is 5.78 Å². The Labute approximate surface area is 208 Å². The summed E-state index contributed by atoms with van der Waals surface area (Å²) in [6, 6.07) is 12.4. The molecule has 0 aliphatic rings. The lowest BCUT2D eigenvalue weighted by Gasteiger charge is -2.13. The molecule has 8 heteroatoms. The maximum absolute atomic E-state index is 13.1. The number of halogens is 2. The summed E-state index contributed by atoms with van der Waals surface area (Å²) in [5.74, 6) is 1.35. The number of carbonyl (C=O) groups is 1. The summed E-state index contributed by atoms with van der Waals surface area (Å²) in [4.78, 5) is 12.3. The number of ether oxygens (including phenoxy) is 4. The first-order valence-electron chi connectivity index (χ1n) is 10.5. The molecule has 0 aliphatic heterocycles. The fourth-order valence-electron chi connectivity index (χ4n) is 3.29. The van der Waals surface area contributed by atoms with Gasteiger partial charge >= 0.3 is 0 Å². The van der Waals surface area contributed by atoms with Crippen LogP contribution in [0.1, 0.15) is 21.5 Å². The average Bonchev–Trinajstić information content (AvgIpc) is 2.87. The van der Waals surface area contributed by atoms with Crippen molar-refractivity contribution in [1.29, 1.82) is 0 Å². The summed E-state index contributed by atoms with van der Waals surface area (Å²) in [5.41, 5.74) is 2.57. The smallest absolute Gasteiger partial charge is 0.203 e. The third kappa shape index (κ3) is 6.33. The van der Waals surface area contributed by atoms with Gasteiger partial charge in [-0.3, -0.25) is 4.79 Å². The molecule has 0 spiro atoms. The number of carbonyl (C=O) groups excluding carboxylic acids is 1. The zero-order valence-corrected chi connectivity index (χ0v) is 20.5. The molecule has 0 aromatic heterocycles. The molecule has 0 amide bonds. The first kappa shape index (κ1) is 25.6. The number of hydrogen-bond donors (Lipinski definition) is 1. The van der Waals surface area contributed by atoms with Gasteiger partial charge in [-0.25, -0.2) is 4.39 Å². The molecule has 0 unspecified atom stereocenters. The van der Waals surface area contributed by atoms with Crippen LogP contribution in [-0.4, -0.2) is 34.2 Å². The standard InChI is InChI=1S/C27H25ClFNO5/c1-32-24-16-22(30-12-11-23(31)18-7-9-20(29)10-8-18)19(15-21(24)28)6-5-17-13-25(33-2)27(35-4)26(14-17)34-3/h5-16,30H,1-4H3. The second-order valence-corrected chi connectivity index (χ2v) is 7.62. The van der Waals surface area contributed by atoms with Gasteiger partial charge in [0, 0.05) is 29.6 Å².